The van der Waals surface area contributed by atoms with Gasteiger partial charge in [0, 0.05) is 18.8 Å². The van der Waals surface area contributed by atoms with E-state index >= 15 is 0 Å². The minimum atomic E-state index is -0.366. The van der Waals surface area contributed by atoms with Gasteiger partial charge in [0.25, 0.3) is 0 Å². The van der Waals surface area contributed by atoms with Crippen LogP contribution in [0.2, 0.25) is 0 Å². The Kier molecular flexibility index (Phi) is 6.29. The van der Waals surface area contributed by atoms with E-state index in [1.165, 1.54) is 6.07 Å². The molecule has 0 radical (unpaired) electrons. The highest BCUT2D eigenvalue weighted by Gasteiger charge is 2.08. The number of nitrogens with one attached hydrogen (secondary N) is 2. The number of unbranched alkanes of at least 4 members (excludes halogenated alkanes) is 1. The summed E-state index contributed by atoms with van der Waals surface area (Å²) in [5.74, 6) is -0.200. The normalized spacial score (nSPS) is 10.6. The van der Waals surface area contributed by atoms with Crippen LogP contribution in [0.3, 0.4) is 0 Å². The fraction of sp³-hybridized carbons (Fsp3) is 0.500. The van der Waals surface area contributed by atoms with Crippen molar-refractivity contribution in [3.63, 3.8) is 0 Å². The van der Waals surface area contributed by atoms with Gasteiger partial charge in [-0.2, -0.15) is 0 Å². The summed E-state index contributed by atoms with van der Waals surface area (Å²) < 4.78 is 13.7. The molecule has 0 aromatic heterocycles. The molecule has 1 aromatic carbocycles. The maximum Gasteiger partial charge on any atom is 0.319 e. The summed E-state index contributed by atoms with van der Waals surface area (Å²) >= 11 is 0. The van der Waals surface area contributed by atoms with Gasteiger partial charge in [-0.25, -0.2) is 9.18 Å². The second-order valence-corrected chi connectivity index (χ2v) is 4.70. The summed E-state index contributed by atoms with van der Waals surface area (Å²) in [6.45, 7) is 4.43. The predicted octanol–water partition coefficient (Wildman–Crippen LogP) is 2.84. The van der Waals surface area contributed by atoms with E-state index in [2.05, 4.69) is 10.6 Å². The molecule has 19 heavy (non-hydrogen) atoms. The maximum atomic E-state index is 13.7. The predicted molar refractivity (Wildman–Crippen MR) is 73.8 cm³/mol. The summed E-state index contributed by atoms with van der Waals surface area (Å²) in [4.78, 5) is 11.5. The number of urea groups is 1. The molecule has 0 aliphatic rings. The van der Waals surface area contributed by atoms with Crippen molar-refractivity contribution in [1.82, 2.24) is 5.32 Å². The molecule has 2 amide bonds. The smallest absolute Gasteiger partial charge is 0.319 e. The Morgan fingerprint density at radius 2 is 2.11 bits per heavy atom. The molecule has 0 aliphatic carbocycles. The highest BCUT2D eigenvalue weighted by molar-refractivity contribution is 5.89. The Morgan fingerprint density at radius 1 is 1.37 bits per heavy atom. The monoisotopic (exact) mass is 268 g/mol. The summed E-state index contributed by atoms with van der Waals surface area (Å²) in [6.07, 6.45) is 1.36. The van der Waals surface area contributed by atoms with E-state index in [9.17, 15) is 9.18 Å². The average molecular weight is 268 g/mol. The number of rotatable bonds is 6. The van der Waals surface area contributed by atoms with Gasteiger partial charge in [0.05, 0.1) is 0 Å². The van der Waals surface area contributed by atoms with Gasteiger partial charge in [-0.1, -0.05) is 19.9 Å². The number of carbonyl (C=O) groups excluding carboxylic acids is 1. The molecule has 0 bridgehead atoms. The number of aliphatic hydroxyl groups excluding tert-OH is 1. The van der Waals surface area contributed by atoms with Crippen molar-refractivity contribution in [1.29, 1.82) is 0 Å². The summed E-state index contributed by atoms with van der Waals surface area (Å²) in [5.41, 5.74) is 1.07. The van der Waals surface area contributed by atoms with Gasteiger partial charge in [-0.05, 0) is 36.5 Å². The molecule has 0 saturated carbocycles. The highest BCUT2D eigenvalue weighted by atomic mass is 19.1. The average Bonchev–Trinajstić information content (AvgIpc) is 2.34. The van der Waals surface area contributed by atoms with E-state index in [-0.39, 0.29) is 24.4 Å². The number of hydrogen-bond acceptors (Lipinski definition) is 2. The van der Waals surface area contributed by atoms with E-state index in [4.69, 9.17) is 5.11 Å². The lowest BCUT2D eigenvalue weighted by Gasteiger charge is -2.10. The Balaban J connectivity index is 2.48. The molecule has 0 unspecified atom stereocenters. The summed E-state index contributed by atoms with van der Waals surface area (Å²) in [7, 11) is 0. The summed E-state index contributed by atoms with van der Waals surface area (Å²) in [5, 5.41) is 13.8. The number of carbonyl (C=O) groups is 1. The van der Waals surface area contributed by atoms with Crippen LogP contribution in [0, 0.1) is 5.82 Å². The minimum Gasteiger partial charge on any atom is -0.396 e. The fourth-order valence-corrected chi connectivity index (χ4v) is 1.69. The molecule has 4 nitrogen and oxygen atoms in total. The van der Waals surface area contributed by atoms with Crippen LogP contribution in [0.25, 0.3) is 0 Å². The molecule has 0 atom stereocenters. The number of amides is 2. The molecule has 106 valence electrons. The third kappa shape index (κ3) is 5.26. The maximum absolute atomic E-state index is 13.7. The third-order valence-electron chi connectivity index (χ3n) is 2.75. The lowest BCUT2D eigenvalue weighted by atomic mass is 10.0. The lowest BCUT2D eigenvalue weighted by molar-refractivity contribution is 0.250. The van der Waals surface area contributed by atoms with Crippen LogP contribution in [-0.2, 0) is 0 Å². The van der Waals surface area contributed by atoms with Crippen LogP contribution in [0.5, 0.6) is 0 Å². The molecular formula is C14H21FN2O2. The molecule has 1 aromatic rings. The topological polar surface area (TPSA) is 61.4 Å². The van der Waals surface area contributed by atoms with Crippen molar-refractivity contribution >= 4 is 11.7 Å². The van der Waals surface area contributed by atoms with E-state index in [1.807, 2.05) is 13.8 Å². The zero-order valence-corrected chi connectivity index (χ0v) is 11.4. The van der Waals surface area contributed by atoms with E-state index < -0.39 is 0 Å². The SMILES string of the molecule is CC(C)c1ccc(NC(=O)NCCCCO)cc1F. The fourth-order valence-electron chi connectivity index (χ4n) is 1.69. The lowest BCUT2D eigenvalue weighted by Crippen LogP contribution is -2.29. The number of halogens is 1. The zero-order valence-electron chi connectivity index (χ0n) is 11.4. The molecule has 0 saturated heterocycles. The van der Waals surface area contributed by atoms with Crippen molar-refractivity contribution in [2.75, 3.05) is 18.5 Å². The number of aliphatic hydroxyl groups is 1. The Bertz CT molecular complexity index is 422. The van der Waals surface area contributed by atoms with Gasteiger partial charge in [0.1, 0.15) is 5.82 Å². The second-order valence-electron chi connectivity index (χ2n) is 4.70. The van der Waals surface area contributed by atoms with Gasteiger partial charge in [0.15, 0.2) is 0 Å². The van der Waals surface area contributed by atoms with Crippen LogP contribution < -0.4 is 10.6 Å². The van der Waals surface area contributed by atoms with Crippen molar-refractivity contribution in [2.45, 2.75) is 32.6 Å². The molecule has 1 rings (SSSR count). The van der Waals surface area contributed by atoms with E-state index in [1.54, 1.807) is 12.1 Å². The van der Waals surface area contributed by atoms with E-state index in [0.29, 0.717) is 30.6 Å². The van der Waals surface area contributed by atoms with Crippen molar-refractivity contribution in [3.8, 4) is 0 Å². The van der Waals surface area contributed by atoms with Crippen molar-refractivity contribution < 1.29 is 14.3 Å². The van der Waals surface area contributed by atoms with Crippen LogP contribution in [0.15, 0.2) is 18.2 Å². The van der Waals surface area contributed by atoms with Gasteiger partial charge < -0.3 is 15.7 Å². The first kappa shape index (κ1) is 15.4. The second kappa shape index (κ2) is 7.74. The van der Waals surface area contributed by atoms with Gasteiger partial charge in [0.2, 0.25) is 0 Å². The van der Waals surface area contributed by atoms with E-state index in [0.717, 1.165) is 0 Å². The molecule has 0 spiro atoms. The first-order valence-corrected chi connectivity index (χ1v) is 6.49. The van der Waals surface area contributed by atoms with Crippen molar-refractivity contribution in [2.24, 2.45) is 0 Å². The Morgan fingerprint density at radius 3 is 2.68 bits per heavy atom. The zero-order chi connectivity index (χ0) is 14.3. The standard InChI is InChI=1S/C14H21FN2O2/c1-10(2)12-6-5-11(9-13(12)15)17-14(19)16-7-3-4-8-18/h5-6,9-10,18H,3-4,7-8H2,1-2H3,(H2,16,17,19). The summed E-state index contributed by atoms with van der Waals surface area (Å²) in [6, 6.07) is 4.32. The van der Waals surface area contributed by atoms with Crippen LogP contribution >= 0.6 is 0 Å². The molecule has 0 aliphatic heterocycles. The van der Waals surface area contributed by atoms with Gasteiger partial charge >= 0.3 is 6.03 Å². The van der Waals surface area contributed by atoms with Gasteiger partial charge in [-0.15, -0.1) is 0 Å². The Labute approximate surface area is 113 Å². The molecular weight excluding hydrogens is 247 g/mol. The van der Waals surface area contributed by atoms with Crippen LogP contribution in [0.1, 0.15) is 38.2 Å². The highest BCUT2D eigenvalue weighted by Crippen LogP contribution is 2.21. The first-order valence-electron chi connectivity index (χ1n) is 6.49. The largest absolute Gasteiger partial charge is 0.396 e. The number of benzene rings is 1. The van der Waals surface area contributed by atoms with Crippen LogP contribution in [-0.4, -0.2) is 24.3 Å². The molecule has 5 heteroatoms. The molecule has 0 heterocycles. The minimum absolute atomic E-state index is 0.112. The number of anilines is 1. The number of hydrogen-bond donors (Lipinski definition) is 3. The van der Waals surface area contributed by atoms with Crippen LogP contribution in [0.4, 0.5) is 14.9 Å². The first-order chi connectivity index (χ1) is 9.04. The van der Waals surface area contributed by atoms with Crippen molar-refractivity contribution in [3.05, 3.63) is 29.6 Å². The Hall–Kier alpha value is -1.62. The molecule has 3 N–H and O–H groups in total. The third-order valence-corrected chi connectivity index (χ3v) is 2.75. The molecule has 0 fully saturated rings. The van der Waals surface area contributed by atoms with Gasteiger partial charge in [-0.3, -0.25) is 0 Å². The quantitative estimate of drug-likeness (QED) is 0.695.